The summed E-state index contributed by atoms with van der Waals surface area (Å²) >= 11 is 0. The van der Waals surface area contributed by atoms with Gasteiger partial charge >= 0.3 is 0 Å². The average Bonchev–Trinajstić information content (AvgIpc) is 1.22. The van der Waals surface area contributed by atoms with E-state index in [1.54, 1.807) is 0 Å². The van der Waals surface area contributed by atoms with Gasteiger partial charge in [0.15, 0.2) is 0 Å². The first-order valence-corrected chi connectivity index (χ1v) is 43.3. The van der Waals surface area contributed by atoms with Gasteiger partial charge < -0.3 is 19.6 Å². The zero-order chi connectivity index (χ0) is 83.1. The van der Waals surface area contributed by atoms with Crippen LogP contribution in [0, 0.1) is 0 Å². The Morgan fingerprint density at radius 2 is 0.460 bits per heavy atom. The summed E-state index contributed by atoms with van der Waals surface area (Å²) in [6.07, 6.45) is 0. The minimum atomic E-state index is -0.586. The lowest BCUT2D eigenvalue weighted by Gasteiger charge is -2.48. The maximum absolute atomic E-state index is 2.48. The molecule has 0 N–H and O–H groups in total. The van der Waals surface area contributed by atoms with Crippen molar-refractivity contribution in [2.75, 3.05) is 19.6 Å². The molecule has 0 fully saturated rings. The summed E-state index contributed by atoms with van der Waals surface area (Å²) in [5, 5.41) is 2.44. The summed E-state index contributed by atoms with van der Waals surface area (Å²) in [5.41, 5.74) is 38.1. The van der Waals surface area contributed by atoms with Crippen LogP contribution in [0.1, 0.15) is 94.5 Å². The van der Waals surface area contributed by atoms with Crippen molar-refractivity contribution in [1.29, 1.82) is 0 Å². The van der Waals surface area contributed by atoms with E-state index in [1.807, 2.05) is 0 Å². The maximum atomic E-state index is 2.48. The molecular weight excluding hydrogens is 1500 g/mol. The third-order valence-corrected chi connectivity index (χ3v) is 26.8. The van der Waals surface area contributed by atoms with Gasteiger partial charge in [0.1, 0.15) is 0 Å². The van der Waals surface area contributed by atoms with E-state index in [0.717, 1.165) is 45.5 Å². The molecule has 0 saturated heterocycles. The molecular formula is C120H90N4. The van der Waals surface area contributed by atoms with E-state index in [4.69, 9.17) is 0 Å². The van der Waals surface area contributed by atoms with Gasteiger partial charge in [-0.25, -0.2) is 0 Å². The van der Waals surface area contributed by atoms with Crippen LogP contribution in [0.15, 0.2) is 473 Å². The molecule has 124 heavy (non-hydrogen) atoms. The molecule has 2 aliphatic carbocycles. The van der Waals surface area contributed by atoms with Crippen molar-refractivity contribution in [2.24, 2.45) is 0 Å². The Labute approximate surface area is 727 Å². The van der Waals surface area contributed by atoms with Crippen LogP contribution < -0.4 is 19.6 Å². The maximum Gasteiger partial charge on any atom is 0.0745 e. The first-order valence-electron chi connectivity index (χ1n) is 43.3. The highest BCUT2D eigenvalue weighted by Gasteiger charge is 2.53. The third kappa shape index (κ3) is 11.9. The second kappa shape index (κ2) is 30.4. The molecule has 2 heterocycles. The first-order chi connectivity index (χ1) is 61.1. The lowest BCUT2D eigenvalue weighted by Crippen LogP contribution is -2.39. The Kier molecular flexibility index (Phi) is 18.4. The van der Waals surface area contributed by atoms with E-state index >= 15 is 0 Å². The normalized spacial score (nSPS) is 14.0. The average molecular weight is 1590 g/mol. The van der Waals surface area contributed by atoms with E-state index in [0.29, 0.717) is 0 Å². The zero-order valence-corrected chi connectivity index (χ0v) is 69.8. The summed E-state index contributed by atoms with van der Waals surface area (Å²) in [7, 11) is 0. The molecule has 590 valence electrons. The number of hydrogen-bond acceptors (Lipinski definition) is 4. The Morgan fingerprint density at radius 1 is 0.194 bits per heavy atom. The number of hydrogen-bond donors (Lipinski definition) is 0. The molecule has 2 aliphatic heterocycles. The van der Waals surface area contributed by atoms with Crippen LogP contribution in [0.2, 0.25) is 0 Å². The van der Waals surface area contributed by atoms with Gasteiger partial charge in [-0.15, -0.1) is 0 Å². The van der Waals surface area contributed by atoms with Crippen molar-refractivity contribution in [3.63, 3.8) is 0 Å². The topological polar surface area (TPSA) is 13.0 Å². The van der Waals surface area contributed by atoms with Gasteiger partial charge in [0.25, 0.3) is 0 Å². The van der Waals surface area contributed by atoms with E-state index in [-0.39, 0.29) is 10.8 Å². The van der Waals surface area contributed by atoms with Crippen LogP contribution >= 0.6 is 0 Å². The first kappa shape index (κ1) is 74.9. The van der Waals surface area contributed by atoms with Crippen LogP contribution in [0.4, 0.5) is 68.2 Å². The smallest absolute Gasteiger partial charge is 0.0745 e. The van der Waals surface area contributed by atoms with Crippen molar-refractivity contribution in [1.82, 2.24) is 0 Å². The van der Waals surface area contributed by atoms with Crippen molar-refractivity contribution in [3.05, 3.63) is 540 Å². The van der Waals surface area contributed by atoms with Crippen LogP contribution in [0.3, 0.4) is 0 Å². The van der Waals surface area contributed by atoms with Gasteiger partial charge in [0.05, 0.1) is 39.3 Å². The lowest BCUT2D eigenvalue weighted by atomic mass is 9.59. The highest BCUT2D eigenvalue weighted by Crippen LogP contribution is 2.65. The Hall–Kier alpha value is -15.4. The Morgan fingerprint density at radius 3 is 0.847 bits per heavy atom. The molecule has 0 saturated carbocycles. The molecule has 19 aromatic rings. The van der Waals surface area contributed by atoms with Crippen molar-refractivity contribution >= 4 is 79.0 Å². The number of nitrogens with zero attached hydrogens (tertiary/aromatic N) is 4. The van der Waals surface area contributed by atoms with E-state index < -0.39 is 10.8 Å². The summed E-state index contributed by atoms with van der Waals surface area (Å²) in [6.45, 7) is 9.63. The van der Waals surface area contributed by atoms with Crippen LogP contribution in [-0.4, -0.2) is 0 Å². The monoisotopic (exact) mass is 1590 g/mol. The molecule has 0 unspecified atom stereocenters. The highest BCUT2D eigenvalue weighted by molar-refractivity contribution is 6.00. The van der Waals surface area contributed by atoms with Gasteiger partial charge in [-0.3, -0.25) is 0 Å². The van der Waals surface area contributed by atoms with E-state index in [1.165, 1.54) is 145 Å². The predicted octanol–water partition coefficient (Wildman–Crippen LogP) is 31.7. The molecule has 0 atom stereocenters. The molecule has 0 aromatic heterocycles. The van der Waals surface area contributed by atoms with Gasteiger partial charge in [-0.2, -0.15) is 0 Å². The zero-order valence-electron chi connectivity index (χ0n) is 69.8. The molecule has 4 heteroatoms. The summed E-state index contributed by atoms with van der Waals surface area (Å²) in [4.78, 5) is 9.61. The Bertz CT molecular complexity index is 7070. The number of benzene rings is 19. The molecule has 0 spiro atoms. The molecule has 0 bridgehead atoms. The largest absolute Gasteiger partial charge is 0.311 e. The number of anilines is 12. The minimum absolute atomic E-state index is 0.194. The third-order valence-electron chi connectivity index (χ3n) is 26.8. The van der Waals surface area contributed by atoms with Gasteiger partial charge in [-0.05, 0) is 232 Å². The van der Waals surface area contributed by atoms with Gasteiger partial charge in [-0.1, -0.05) is 386 Å². The Balaban J connectivity index is 0.000000148. The second-order valence-electron chi connectivity index (χ2n) is 34.1. The molecule has 23 rings (SSSR count). The summed E-state index contributed by atoms with van der Waals surface area (Å²) in [5.74, 6) is 0. The molecule has 0 amide bonds. The fourth-order valence-electron chi connectivity index (χ4n) is 21.5. The number of para-hydroxylation sites is 7. The van der Waals surface area contributed by atoms with E-state index in [2.05, 4.69) is 520 Å². The van der Waals surface area contributed by atoms with Gasteiger partial charge in [0.2, 0.25) is 0 Å². The van der Waals surface area contributed by atoms with Crippen molar-refractivity contribution in [2.45, 2.75) is 49.4 Å². The fourth-order valence-corrected chi connectivity index (χ4v) is 21.5. The minimum Gasteiger partial charge on any atom is -0.311 e. The van der Waals surface area contributed by atoms with Crippen LogP contribution in [0.25, 0.3) is 55.3 Å². The van der Waals surface area contributed by atoms with Crippen LogP contribution in [-0.2, 0) is 21.7 Å². The van der Waals surface area contributed by atoms with Crippen molar-refractivity contribution < 1.29 is 0 Å². The van der Waals surface area contributed by atoms with E-state index in [9.17, 15) is 0 Å². The van der Waals surface area contributed by atoms with Gasteiger partial charge in [0, 0.05) is 56.0 Å². The molecule has 19 aromatic carbocycles. The molecule has 4 nitrogen and oxygen atoms in total. The molecule has 0 radical (unpaired) electrons. The second-order valence-corrected chi connectivity index (χ2v) is 34.1. The standard InChI is InChI=1S/C62H46N2.C58H44N2/c1-61(2)53-28-12-11-26-51(53)52-27-18-31-56(60(52)61)62(46-21-5-3-6-22-46)54-29-13-15-32-58(54)64(59-33-16-14-30-55(59)62)49-41-37-44(38-42-49)43-35-39-48(40-36-43)63(47-23-7-4-8-24-47)57-34-17-20-45-19-9-10-25-50(45)57;1-57(2)50-27-13-12-25-48(50)49-26-18-30-53(56(49)57)58(43-19-6-3-7-20-43)51-28-14-16-31-54(51)60(55-32-17-15-29-52(55)58)47-39-35-42(36-40-47)41-33-37-46(38-34-41)59(44-21-8-4-9-22-44)45-23-10-5-11-24-45/h3-42H,1-2H3;3-40H,1-2H3. The predicted molar refractivity (Wildman–Crippen MR) is 519 cm³/mol. The van der Waals surface area contributed by atoms with Crippen molar-refractivity contribution in [3.8, 4) is 44.5 Å². The molecule has 4 aliphatic rings. The quantitative estimate of drug-likeness (QED) is 0.108. The summed E-state index contributed by atoms with van der Waals surface area (Å²) in [6, 6.07) is 174. The fraction of sp³-hybridized carbons (Fsp3) is 0.0667. The number of rotatable bonds is 14. The SMILES string of the molecule is CC1(C)c2ccccc2-c2cccc(C3(c4ccccc4)c4ccccc4N(c4ccc(-c5ccc(N(c6ccccc6)c6cccc7ccccc67)cc5)cc4)c4ccccc43)c21.CC1(C)c2ccccc2-c2cccc(C3(c4ccccc4)c4ccccc4N(c4ccc(-c5ccc(N(c6ccccc6)c6ccccc6)cc5)cc4)c4ccccc43)c21. The summed E-state index contributed by atoms with van der Waals surface area (Å²) < 4.78 is 0. The highest BCUT2D eigenvalue weighted by atomic mass is 15.2. The van der Waals surface area contributed by atoms with Crippen LogP contribution in [0.5, 0.6) is 0 Å². The lowest BCUT2D eigenvalue weighted by molar-refractivity contribution is 0.625. The number of fused-ring (bicyclic) bond motifs is 11.